The number of fused-ring (bicyclic) bond motifs is 1. The number of amides is 1. The van der Waals surface area contributed by atoms with E-state index in [4.69, 9.17) is 23.8 Å². The van der Waals surface area contributed by atoms with Gasteiger partial charge in [-0.2, -0.15) is 0 Å². The molecule has 1 aliphatic rings. The van der Waals surface area contributed by atoms with Crippen LogP contribution in [-0.4, -0.2) is 26.4 Å². The van der Waals surface area contributed by atoms with E-state index in [9.17, 15) is 4.79 Å². The van der Waals surface area contributed by atoms with Crippen LogP contribution in [0.15, 0.2) is 30.5 Å². The van der Waals surface area contributed by atoms with Gasteiger partial charge in [0.1, 0.15) is 5.65 Å². The van der Waals surface area contributed by atoms with Crippen molar-refractivity contribution in [1.29, 1.82) is 0 Å². The maximum Gasteiger partial charge on any atom is 0.262 e. The second-order valence-corrected chi connectivity index (χ2v) is 7.78. The van der Waals surface area contributed by atoms with Crippen LogP contribution in [-0.2, 0) is 4.79 Å². The number of aromatic nitrogens is 2. The highest BCUT2D eigenvalue weighted by Gasteiger charge is 2.27. The molecule has 6 nitrogen and oxygen atoms in total. The van der Waals surface area contributed by atoms with Gasteiger partial charge in [-0.1, -0.05) is 44.4 Å². The number of carbonyl (C=O) groups is 1. The third-order valence-electron chi connectivity index (χ3n) is 5.24. The van der Waals surface area contributed by atoms with Crippen molar-refractivity contribution in [3.05, 3.63) is 41.3 Å². The fourth-order valence-electron chi connectivity index (χ4n) is 3.44. The van der Waals surface area contributed by atoms with E-state index in [0.29, 0.717) is 33.8 Å². The zero-order valence-electron chi connectivity index (χ0n) is 15.4. The largest absolute Gasteiger partial charge is 0.358 e. The minimum absolute atomic E-state index is 0.328. The maximum absolute atomic E-state index is 12.1. The lowest BCUT2D eigenvalue weighted by molar-refractivity contribution is -0.116. The van der Waals surface area contributed by atoms with Gasteiger partial charge in [0.15, 0.2) is 10.3 Å². The molecule has 1 aliphatic carbocycles. The molecule has 3 N–H and O–H groups in total. The number of pyridine rings is 1. The fourth-order valence-corrected chi connectivity index (χ4v) is 3.88. The molecular weight excluding hydrogens is 382 g/mol. The van der Waals surface area contributed by atoms with Crippen LogP contribution in [0.25, 0.3) is 11.7 Å². The van der Waals surface area contributed by atoms with Crippen molar-refractivity contribution in [2.24, 2.45) is 11.8 Å². The minimum Gasteiger partial charge on any atom is -0.358 e. The average Bonchev–Trinajstić information content (AvgIpc) is 2.97. The van der Waals surface area contributed by atoms with Crippen LogP contribution >= 0.6 is 23.8 Å². The van der Waals surface area contributed by atoms with E-state index < -0.39 is 0 Å². The lowest BCUT2D eigenvalue weighted by atomic mass is 9.78. The van der Waals surface area contributed by atoms with Crippen molar-refractivity contribution in [1.82, 2.24) is 25.6 Å². The molecule has 0 bridgehead atoms. The number of rotatable bonds is 3. The molecule has 144 valence electrons. The summed E-state index contributed by atoms with van der Waals surface area (Å²) in [6, 6.07) is 5.94. The van der Waals surface area contributed by atoms with Crippen molar-refractivity contribution in [3.8, 4) is 0 Å². The number of imidazole rings is 1. The van der Waals surface area contributed by atoms with Crippen molar-refractivity contribution in [2.45, 2.75) is 39.2 Å². The smallest absolute Gasteiger partial charge is 0.262 e. The summed E-state index contributed by atoms with van der Waals surface area (Å²) in [5.41, 5.74) is 6.71. The Morgan fingerprint density at radius 3 is 2.96 bits per heavy atom. The van der Waals surface area contributed by atoms with Crippen LogP contribution in [0.5, 0.6) is 0 Å². The number of carbonyl (C=O) groups excluding carboxylic acids is 1. The number of hydrazine groups is 1. The van der Waals surface area contributed by atoms with E-state index in [1.165, 1.54) is 18.9 Å². The van der Waals surface area contributed by atoms with E-state index in [-0.39, 0.29) is 5.91 Å². The van der Waals surface area contributed by atoms with E-state index in [0.717, 1.165) is 12.1 Å². The van der Waals surface area contributed by atoms with Crippen LogP contribution in [0, 0.1) is 11.8 Å². The molecular formula is C19H24ClN5OS. The zero-order chi connectivity index (χ0) is 19.4. The van der Waals surface area contributed by atoms with Crippen LogP contribution in [0.1, 0.15) is 38.8 Å². The van der Waals surface area contributed by atoms with Crippen LogP contribution in [0.3, 0.4) is 0 Å². The minimum atomic E-state index is -0.328. The number of halogens is 1. The molecule has 0 unspecified atom stereocenters. The Morgan fingerprint density at radius 2 is 2.15 bits per heavy atom. The molecule has 2 aromatic heterocycles. The molecule has 27 heavy (non-hydrogen) atoms. The Bertz CT molecular complexity index is 865. The summed E-state index contributed by atoms with van der Waals surface area (Å²) in [6.45, 7) is 4.51. The van der Waals surface area contributed by atoms with Crippen molar-refractivity contribution < 1.29 is 4.79 Å². The summed E-state index contributed by atoms with van der Waals surface area (Å²) in [6.07, 6.45) is 8.40. The highest BCUT2D eigenvalue weighted by atomic mass is 35.5. The highest BCUT2D eigenvalue weighted by molar-refractivity contribution is 7.80. The predicted octanol–water partition coefficient (Wildman–Crippen LogP) is 3.32. The molecule has 2 heterocycles. The monoisotopic (exact) mass is 405 g/mol. The second kappa shape index (κ2) is 8.71. The van der Waals surface area contributed by atoms with Crippen LogP contribution in [0.4, 0.5) is 0 Å². The van der Waals surface area contributed by atoms with E-state index in [2.05, 4.69) is 35.0 Å². The average molecular weight is 406 g/mol. The molecule has 0 aromatic carbocycles. The number of thiocarbonyl (C=S) groups is 1. The maximum atomic E-state index is 12.1. The molecule has 1 saturated carbocycles. The topological polar surface area (TPSA) is 70.5 Å². The Hall–Kier alpha value is -2.12. The Labute approximate surface area is 169 Å². The first-order valence-electron chi connectivity index (χ1n) is 9.13. The zero-order valence-corrected chi connectivity index (χ0v) is 17.0. The third kappa shape index (κ3) is 4.78. The summed E-state index contributed by atoms with van der Waals surface area (Å²) < 4.78 is 1.82. The Balaban J connectivity index is 1.52. The number of hydrogen-bond acceptors (Lipinski definition) is 3. The third-order valence-corrected chi connectivity index (χ3v) is 5.74. The van der Waals surface area contributed by atoms with Gasteiger partial charge in [0, 0.05) is 18.3 Å². The van der Waals surface area contributed by atoms with Gasteiger partial charge < -0.3 is 5.32 Å². The second-order valence-electron chi connectivity index (χ2n) is 7.01. The molecule has 0 aliphatic heterocycles. The summed E-state index contributed by atoms with van der Waals surface area (Å²) in [5.74, 6) is 0.893. The summed E-state index contributed by atoms with van der Waals surface area (Å²) in [7, 11) is 0. The molecule has 1 amide bonds. The lowest BCUT2D eigenvalue weighted by Crippen LogP contribution is -2.52. The molecule has 3 atom stereocenters. The normalized spacial score (nSPS) is 22.7. The van der Waals surface area contributed by atoms with E-state index in [1.807, 2.05) is 28.8 Å². The van der Waals surface area contributed by atoms with E-state index in [1.54, 1.807) is 6.08 Å². The van der Waals surface area contributed by atoms with Gasteiger partial charge in [0.2, 0.25) is 0 Å². The molecule has 0 spiro atoms. The highest BCUT2D eigenvalue weighted by Crippen LogP contribution is 2.29. The van der Waals surface area contributed by atoms with Gasteiger partial charge in [0.05, 0.1) is 5.69 Å². The quantitative estimate of drug-likeness (QED) is 0.415. The van der Waals surface area contributed by atoms with Gasteiger partial charge in [0.25, 0.3) is 5.91 Å². The number of nitrogens with zero attached hydrogens (tertiary/aromatic N) is 2. The van der Waals surface area contributed by atoms with Crippen LogP contribution in [0.2, 0.25) is 5.15 Å². The summed E-state index contributed by atoms with van der Waals surface area (Å²) in [4.78, 5) is 16.3. The van der Waals surface area contributed by atoms with E-state index >= 15 is 0 Å². The number of hydrogen-bond donors (Lipinski definition) is 3. The van der Waals surface area contributed by atoms with Gasteiger partial charge >= 0.3 is 0 Å². The van der Waals surface area contributed by atoms with Gasteiger partial charge in [-0.3, -0.25) is 20.0 Å². The van der Waals surface area contributed by atoms with Gasteiger partial charge in [-0.05, 0) is 48.7 Å². The first kappa shape index (κ1) is 19.6. The molecule has 0 radical (unpaired) electrons. The molecule has 0 saturated heterocycles. The van der Waals surface area contributed by atoms with Gasteiger partial charge in [-0.15, -0.1) is 0 Å². The Kier molecular flexibility index (Phi) is 6.34. The van der Waals surface area contributed by atoms with Gasteiger partial charge in [-0.25, -0.2) is 4.98 Å². The van der Waals surface area contributed by atoms with Crippen molar-refractivity contribution in [3.63, 3.8) is 0 Å². The Morgan fingerprint density at radius 1 is 1.33 bits per heavy atom. The first-order chi connectivity index (χ1) is 13.0. The predicted molar refractivity (Wildman–Crippen MR) is 112 cm³/mol. The van der Waals surface area contributed by atoms with Crippen molar-refractivity contribution in [2.75, 3.05) is 0 Å². The first-order valence-corrected chi connectivity index (χ1v) is 9.91. The van der Waals surface area contributed by atoms with Crippen LogP contribution < -0.4 is 16.2 Å². The number of nitrogens with one attached hydrogen (secondary N) is 3. The lowest BCUT2D eigenvalue weighted by Gasteiger charge is -2.35. The molecule has 2 aromatic rings. The van der Waals surface area contributed by atoms with Crippen molar-refractivity contribution >= 4 is 46.6 Å². The standard InChI is InChI=1S/C19H24ClN5OS/c1-12-6-5-7-14(13(12)2)21-19(27)24-23-17(26)10-9-15-18(20)22-16-8-3-4-11-25(15)16/h3-4,8-14H,5-7H2,1-2H3,(H,23,26)(H2,21,24,27)/b10-9+/t12-,13+,14+/m0/s1. The SMILES string of the molecule is C[C@@H]1[C@@H](C)CCC[C@H]1NC(=S)NNC(=O)/C=C/c1c(Cl)nc2ccccn12. The summed E-state index contributed by atoms with van der Waals surface area (Å²) in [5, 5.41) is 4.07. The molecule has 1 fully saturated rings. The molecule has 3 rings (SSSR count). The molecule has 8 heteroatoms. The fraction of sp³-hybridized carbons (Fsp3) is 0.421. The summed E-state index contributed by atoms with van der Waals surface area (Å²) >= 11 is 11.4.